The van der Waals surface area contributed by atoms with Gasteiger partial charge in [0.05, 0.1) is 30.1 Å². The van der Waals surface area contributed by atoms with E-state index in [1.807, 2.05) is 104 Å². The highest BCUT2D eigenvalue weighted by Crippen LogP contribution is 2.52. The number of halogens is 1. The van der Waals surface area contributed by atoms with Crippen LogP contribution >= 0.6 is 7.37 Å². The van der Waals surface area contributed by atoms with Crippen LogP contribution in [0.15, 0.2) is 121 Å². The Morgan fingerprint density at radius 2 is 1.45 bits per heavy atom. The Kier molecular flexibility index (Phi) is 11.5. The number of carbonyl (C=O) groups is 1. The van der Waals surface area contributed by atoms with Crippen molar-refractivity contribution in [3.63, 3.8) is 0 Å². The second-order valence-corrected chi connectivity index (χ2v) is 21.5. The molecular formula is C44H47FNO5PSi. The number of rotatable bonds is 14. The zero-order valence-electron chi connectivity index (χ0n) is 31.0. The Bertz CT molecular complexity index is 2080. The molecule has 0 amide bonds. The maximum Gasteiger partial charge on any atom is 0.305 e. The molecule has 1 N–H and O–H groups in total. The predicted molar refractivity (Wildman–Crippen MR) is 215 cm³/mol. The first-order valence-electron chi connectivity index (χ1n) is 18.1. The fourth-order valence-electron chi connectivity index (χ4n) is 7.36. The lowest BCUT2D eigenvalue weighted by atomic mass is 9.90. The number of hydrogen-bond acceptors (Lipinski definition) is 5. The lowest BCUT2D eigenvalue weighted by molar-refractivity contribution is -0.138. The number of aromatic nitrogens is 1. The van der Waals surface area contributed by atoms with E-state index < -0.39 is 32.8 Å². The molecule has 0 saturated heterocycles. The normalized spacial score (nSPS) is 15.3. The van der Waals surface area contributed by atoms with Crippen LogP contribution in [0.2, 0.25) is 5.04 Å². The van der Waals surface area contributed by atoms with Crippen LogP contribution in [0.25, 0.3) is 28.5 Å². The van der Waals surface area contributed by atoms with Crippen LogP contribution in [0.4, 0.5) is 4.39 Å². The molecule has 1 aliphatic carbocycles. The van der Waals surface area contributed by atoms with Crippen molar-refractivity contribution in [3.8, 4) is 22.4 Å². The summed E-state index contributed by atoms with van der Waals surface area (Å²) < 4.78 is 42.1. The molecule has 6 rings (SSSR count). The van der Waals surface area contributed by atoms with E-state index in [0.29, 0.717) is 0 Å². The topological polar surface area (TPSA) is 85.7 Å². The Hall–Kier alpha value is -4.46. The van der Waals surface area contributed by atoms with Crippen LogP contribution in [0.1, 0.15) is 62.8 Å². The Balaban J connectivity index is 1.46. The minimum atomic E-state index is -3.67. The average molecular weight is 748 g/mol. The fraction of sp³-hybridized carbons (Fsp3) is 0.273. The molecule has 1 aliphatic rings. The van der Waals surface area contributed by atoms with Gasteiger partial charge in [0.25, 0.3) is 8.32 Å². The van der Waals surface area contributed by atoms with E-state index in [4.69, 9.17) is 13.9 Å². The molecule has 9 heteroatoms. The maximum absolute atomic E-state index is 14.9. The number of nitrogens with zero attached hydrogens (tertiary/aromatic N) is 1. The van der Waals surface area contributed by atoms with Crippen LogP contribution < -0.4 is 10.4 Å². The summed E-state index contributed by atoms with van der Waals surface area (Å²) in [5.41, 5.74) is 6.12. The van der Waals surface area contributed by atoms with Crippen molar-refractivity contribution >= 4 is 38.1 Å². The van der Waals surface area contributed by atoms with Gasteiger partial charge in [0.15, 0.2) is 0 Å². The summed E-state index contributed by atoms with van der Waals surface area (Å²) in [5.74, 6) is 0.425. The van der Waals surface area contributed by atoms with Crippen molar-refractivity contribution in [2.24, 2.45) is 0 Å². The summed E-state index contributed by atoms with van der Waals surface area (Å²) in [7, 11) is -5.47. The summed E-state index contributed by atoms with van der Waals surface area (Å²) in [5, 5.41) is 11.8. The van der Waals surface area contributed by atoms with Crippen molar-refractivity contribution in [2.45, 2.75) is 64.0 Å². The number of hydrogen-bond donors (Lipinski definition) is 1. The molecule has 6 nitrogen and oxygen atoms in total. The summed E-state index contributed by atoms with van der Waals surface area (Å²) in [6.45, 7) is 8.38. The Morgan fingerprint density at radius 3 is 1.94 bits per heavy atom. The number of benzene rings is 4. The van der Waals surface area contributed by atoms with Gasteiger partial charge in [0.2, 0.25) is 7.37 Å². The Morgan fingerprint density at radius 1 is 0.906 bits per heavy atom. The van der Waals surface area contributed by atoms with Gasteiger partial charge in [0, 0.05) is 30.0 Å². The molecule has 0 bridgehead atoms. The van der Waals surface area contributed by atoms with Crippen LogP contribution in [0.3, 0.4) is 0 Å². The van der Waals surface area contributed by atoms with Gasteiger partial charge in [-0.3, -0.25) is 14.3 Å². The zero-order chi connectivity index (χ0) is 37.8. The lowest BCUT2D eigenvalue weighted by Gasteiger charge is -2.45. The van der Waals surface area contributed by atoms with Gasteiger partial charge in [-0.2, -0.15) is 0 Å². The van der Waals surface area contributed by atoms with Gasteiger partial charge >= 0.3 is 5.97 Å². The highest BCUT2D eigenvalue weighted by atomic mass is 31.2. The van der Waals surface area contributed by atoms with E-state index >= 15 is 0 Å². The van der Waals surface area contributed by atoms with E-state index in [9.17, 15) is 18.9 Å². The molecular weight excluding hydrogens is 701 g/mol. The van der Waals surface area contributed by atoms with Crippen LogP contribution in [-0.2, 0) is 18.3 Å². The minimum absolute atomic E-state index is 0.143. The standard InChI is InChI=1S/C44H47FNO5PSi/c1-31-41(32-23-25-35(45)26-24-32)39(43(34-21-22-34)46-42(31)33-15-9-6-10-16-33)27-28-52(49,50-5)30-36(29-40(47)48)51-53(44(2,3)4,37-17-11-7-12-18-37)38-19-13-8-14-20-38/h6-20,23-28,34,36H,21-22,29-30H2,1-5H3,(H,47,48)/t36-,52?/m0/s1. The van der Waals surface area contributed by atoms with Gasteiger partial charge in [0.1, 0.15) is 5.82 Å². The summed E-state index contributed by atoms with van der Waals surface area (Å²) in [4.78, 5) is 17.7. The SMILES string of the molecule is COP(=O)(C=Cc1c(C2CC2)nc(-c2ccccc2)c(C)c1-c1ccc(F)cc1)C[C@H](CC(=O)O)O[Si](c1ccccc1)(c1ccccc1)C(C)(C)C. The molecule has 5 aromatic rings. The fourth-order valence-corrected chi connectivity index (χ4v) is 13.7. The number of pyridine rings is 1. The van der Waals surface area contributed by atoms with E-state index in [0.717, 1.165) is 62.4 Å². The van der Waals surface area contributed by atoms with Gasteiger partial charge in [-0.05, 0) is 70.1 Å². The van der Waals surface area contributed by atoms with Crippen LogP contribution in [-0.4, -0.2) is 43.8 Å². The molecule has 0 aliphatic heterocycles. The zero-order valence-corrected chi connectivity index (χ0v) is 32.9. The highest BCUT2D eigenvalue weighted by Gasteiger charge is 2.52. The predicted octanol–water partition coefficient (Wildman–Crippen LogP) is 10.1. The monoisotopic (exact) mass is 747 g/mol. The highest BCUT2D eigenvalue weighted by molar-refractivity contribution is 7.62. The third-order valence-corrected chi connectivity index (χ3v) is 17.3. The molecule has 2 atom stereocenters. The first-order chi connectivity index (χ1) is 25.3. The molecule has 1 unspecified atom stereocenters. The summed E-state index contributed by atoms with van der Waals surface area (Å²) >= 11 is 0. The number of carboxylic acids is 1. The van der Waals surface area contributed by atoms with Gasteiger partial charge < -0.3 is 14.1 Å². The molecule has 0 spiro atoms. The summed E-state index contributed by atoms with van der Waals surface area (Å²) in [6, 6.07) is 36.4. The second kappa shape index (κ2) is 15.9. The molecule has 0 radical (unpaired) electrons. The van der Waals surface area contributed by atoms with E-state index in [-0.39, 0.29) is 24.3 Å². The quantitative estimate of drug-likeness (QED) is 0.0900. The van der Waals surface area contributed by atoms with E-state index in [1.165, 1.54) is 19.2 Å². The van der Waals surface area contributed by atoms with Crippen molar-refractivity contribution < 1.29 is 27.8 Å². The first kappa shape index (κ1) is 38.3. The van der Waals surface area contributed by atoms with Crippen molar-refractivity contribution in [1.82, 2.24) is 4.98 Å². The first-order valence-corrected chi connectivity index (χ1v) is 21.8. The molecule has 1 saturated carbocycles. The third-order valence-electron chi connectivity index (χ3n) is 10.0. The Labute approximate surface area is 313 Å². The molecule has 1 aromatic heterocycles. The molecule has 53 heavy (non-hydrogen) atoms. The number of carboxylic acid groups (broad SMARTS) is 1. The molecule has 1 heterocycles. The molecule has 4 aromatic carbocycles. The lowest BCUT2D eigenvalue weighted by Crippen LogP contribution is -2.68. The summed E-state index contributed by atoms with van der Waals surface area (Å²) in [6.07, 6.45) is 2.34. The second-order valence-electron chi connectivity index (χ2n) is 14.8. The number of aliphatic carboxylic acids is 1. The van der Waals surface area contributed by atoms with Crippen molar-refractivity contribution in [3.05, 3.63) is 144 Å². The largest absolute Gasteiger partial charge is 0.481 e. The average Bonchev–Trinajstić information content (AvgIpc) is 3.99. The van der Waals surface area contributed by atoms with Crippen molar-refractivity contribution in [1.29, 1.82) is 0 Å². The van der Waals surface area contributed by atoms with E-state index in [1.54, 1.807) is 17.9 Å². The third kappa shape index (κ3) is 8.37. The maximum atomic E-state index is 14.9. The van der Waals surface area contributed by atoms with Gasteiger partial charge in [-0.1, -0.05) is 124 Å². The van der Waals surface area contributed by atoms with Gasteiger partial charge in [-0.25, -0.2) is 4.39 Å². The van der Waals surface area contributed by atoms with E-state index in [2.05, 4.69) is 20.8 Å². The minimum Gasteiger partial charge on any atom is -0.481 e. The van der Waals surface area contributed by atoms with Crippen LogP contribution in [0, 0.1) is 12.7 Å². The van der Waals surface area contributed by atoms with Crippen molar-refractivity contribution in [2.75, 3.05) is 13.3 Å². The van der Waals surface area contributed by atoms with Gasteiger partial charge in [-0.15, -0.1) is 0 Å². The smallest absolute Gasteiger partial charge is 0.305 e. The molecule has 1 fully saturated rings. The van der Waals surface area contributed by atoms with Crippen LogP contribution in [0.5, 0.6) is 0 Å². The molecule has 274 valence electrons.